The molecule has 4 nitrogen and oxygen atoms in total. The zero-order valence-corrected chi connectivity index (χ0v) is 15.3. The summed E-state index contributed by atoms with van der Waals surface area (Å²) in [5.41, 5.74) is 3.48. The number of anilines is 1. The molecule has 0 aliphatic carbocycles. The van der Waals surface area contributed by atoms with Crippen LogP contribution in [0.3, 0.4) is 0 Å². The molecule has 1 N–H and O–H groups in total. The van der Waals surface area contributed by atoms with Gasteiger partial charge in [-0.3, -0.25) is 5.32 Å². The molecule has 2 rings (SSSR count). The van der Waals surface area contributed by atoms with Gasteiger partial charge in [-0.05, 0) is 48.7 Å². The second-order valence-corrected chi connectivity index (χ2v) is 6.05. The van der Waals surface area contributed by atoms with E-state index in [4.69, 9.17) is 27.9 Å². The Morgan fingerprint density at radius 1 is 1.21 bits per heavy atom. The number of hydrogen-bond acceptors (Lipinski definition) is 3. The quantitative estimate of drug-likeness (QED) is 0.745. The second kappa shape index (κ2) is 8.27. The minimum atomic E-state index is -0.570. The number of halogens is 2. The van der Waals surface area contributed by atoms with Crippen molar-refractivity contribution in [1.29, 1.82) is 0 Å². The Kier molecular flexibility index (Phi) is 6.35. The van der Waals surface area contributed by atoms with E-state index in [0.717, 1.165) is 12.0 Å². The van der Waals surface area contributed by atoms with E-state index in [0.29, 0.717) is 27.0 Å². The highest BCUT2D eigenvalue weighted by atomic mass is 35.5. The summed E-state index contributed by atoms with van der Waals surface area (Å²) in [6.45, 7) is 4.26. The lowest BCUT2D eigenvalue weighted by atomic mass is 10.1. The van der Waals surface area contributed by atoms with Gasteiger partial charge in [0.2, 0.25) is 0 Å². The van der Waals surface area contributed by atoms with E-state index in [1.807, 2.05) is 19.1 Å². The van der Waals surface area contributed by atoms with E-state index >= 15 is 0 Å². The molecule has 0 unspecified atom stereocenters. The number of methoxy groups -OCH3 is 1. The molecule has 6 heteroatoms. The summed E-state index contributed by atoms with van der Waals surface area (Å²) >= 11 is 12.5. The molecule has 0 saturated heterocycles. The van der Waals surface area contributed by atoms with Crippen LogP contribution in [0.5, 0.6) is 5.75 Å². The Hall–Kier alpha value is -1.91. The summed E-state index contributed by atoms with van der Waals surface area (Å²) in [4.78, 5) is 11.4. The number of ether oxygens (including phenoxy) is 2. The van der Waals surface area contributed by atoms with Crippen LogP contribution >= 0.6 is 23.2 Å². The van der Waals surface area contributed by atoms with Crippen molar-refractivity contribution in [2.75, 3.05) is 12.4 Å². The van der Waals surface area contributed by atoms with Crippen LogP contribution in [0.25, 0.3) is 0 Å². The number of nitrogens with one attached hydrogen (secondary N) is 1. The molecular formula is C18H19Cl2NO3. The minimum absolute atomic E-state index is 0.170. The molecule has 0 heterocycles. The maximum absolute atomic E-state index is 11.4. The summed E-state index contributed by atoms with van der Waals surface area (Å²) in [5.74, 6) is 0.579. The van der Waals surface area contributed by atoms with Crippen LogP contribution in [0.1, 0.15) is 23.6 Å². The highest BCUT2D eigenvalue weighted by molar-refractivity contribution is 6.32. The molecule has 0 saturated carbocycles. The number of carbonyl (C=O) groups is 1. The van der Waals surface area contributed by atoms with E-state index < -0.39 is 6.09 Å². The molecule has 0 aromatic heterocycles. The minimum Gasteiger partial charge on any atom is -0.487 e. The Morgan fingerprint density at radius 3 is 2.62 bits per heavy atom. The van der Waals surface area contributed by atoms with Crippen molar-refractivity contribution in [2.24, 2.45) is 0 Å². The van der Waals surface area contributed by atoms with E-state index in [9.17, 15) is 4.79 Å². The van der Waals surface area contributed by atoms with Gasteiger partial charge in [-0.25, -0.2) is 4.79 Å². The van der Waals surface area contributed by atoms with E-state index in [2.05, 4.69) is 17.0 Å². The summed E-state index contributed by atoms with van der Waals surface area (Å²) in [6.07, 6.45) is 0.337. The third-order valence-corrected chi connectivity index (χ3v) is 4.33. The van der Waals surface area contributed by atoms with Crippen molar-refractivity contribution in [2.45, 2.75) is 26.9 Å². The lowest BCUT2D eigenvalue weighted by Crippen LogP contribution is -2.13. The molecule has 0 aliphatic heterocycles. The fraction of sp³-hybridized carbons (Fsp3) is 0.278. The predicted molar refractivity (Wildman–Crippen MR) is 97.4 cm³/mol. The smallest absolute Gasteiger partial charge is 0.411 e. The summed E-state index contributed by atoms with van der Waals surface area (Å²) in [7, 11) is 1.30. The number of aryl methyl sites for hydroxylation is 2. The van der Waals surface area contributed by atoms with Crippen molar-refractivity contribution in [1.82, 2.24) is 0 Å². The van der Waals surface area contributed by atoms with Crippen molar-refractivity contribution < 1.29 is 14.3 Å². The van der Waals surface area contributed by atoms with Crippen molar-refractivity contribution >= 4 is 35.0 Å². The van der Waals surface area contributed by atoms with Gasteiger partial charge in [-0.1, -0.05) is 36.2 Å². The SMILES string of the molecule is CCc1cc(Cl)c(OCc2c(Cl)cccc2NC(=O)OC)cc1C. The third kappa shape index (κ3) is 4.34. The summed E-state index contributed by atoms with van der Waals surface area (Å²) < 4.78 is 10.4. The Balaban J connectivity index is 2.23. The Morgan fingerprint density at radius 2 is 1.96 bits per heavy atom. The molecule has 2 aromatic rings. The topological polar surface area (TPSA) is 47.6 Å². The van der Waals surface area contributed by atoms with E-state index in [1.54, 1.807) is 18.2 Å². The first-order chi connectivity index (χ1) is 11.5. The molecule has 0 fully saturated rings. The van der Waals surface area contributed by atoms with Crippen LogP contribution in [0.4, 0.5) is 10.5 Å². The number of carbonyl (C=O) groups excluding carboxylic acids is 1. The summed E-state index contributed by atoms with van der Waals surface area (Å²) in [5, 5.41) is 3.66. The molecular weight excluding hydrogens is 349 g/mol. The Labute approximate surface area is 151 Å². The van der Waals surface area contributed by atoms with Gasteiger partial charge in [-0.2, -0.15) is 0 Å². The van der Waals surface area contributed by atoms with Crippen LogP contribution in [0.2, 0.25) is 10.0 Å². The fourth-order valence-corrected chi connectivity index (χ4v) is 2.79. The fourth-order valence-electron chi connectivity index (χ4n) is 2.32. The first-order valence-electron chi connectivity index (χ1n) is 7.50. The molecule has 0 atom stereocenters. The van der Waals surface area contributed by atoms with Gasteiger partial charge in [0.25, 0.3) is 0 Å². The highest BCUT2D eigenvalue weighted by Gasteiger charge is 2.13. The van der Waals surface area contributed by atoms with Crippen LogP contribution in [0.15, 0.2) is 30.3 Å². The maximum Gasteiger partial charge on any atom is 0.411 e. The normalized spacial score (nSPS) is 10.4. The van der Waals surface area contributed by atoms with Gasteiger partial charge in [0.15, 0.2) is 0 Å². The van der Waals surface area contributed by atoms with Gasteiger partial charge in [0.05, 0.1) is 17.8 Å². The van der Waals surface area contributed by atoms with Gasteiger partial charge in [-0.15, -0.1) is 0 Å². The van der Waals surface area contributed by atoms with E-state index in [-0.39, 0.29) is 6.61 Å². The molecule has 2 aromatic carbocycles. The molecule has 0 bridgehead atoms. The van der Waals surface area contributed by atoms with Crippen LogP contribution in [-0.2, 0) is 17.8 Å². The molecule has 24 heavy (non-hydrogen) atoms. The predicted octanol–water partition coefficient (Wildman–Crippen LogP) is 5.62. The third-order valence-electron chi connectivity index (χ3n) is 3.68. The van der Waals surface area contributed by atoms with Crippen LogP contribution in [0, 0.1) is 6.92 Å². The lowest BCUT2D eigenvalue weighted by Gasteiger charge is -2.15. The lowest BCUT2D eigenvalue weighted by molar-refractivity contribution is 0.187. The van der Waals surface area contributed by atoms with Crippen LogP contribution in [-0.4, -0.2) is 13.2 Å². The number of hydrogen-bond donors (Lipinski definition) is 1. The molecule has 0 aliphatic rings. The Bertz CT molecular complexity index is 747. The highest BCUT2D eigenvalue weighted by Crippen LogP contribution is 2.31. The van der Waals surface area contributed by atoms with Gasteiger partial charge in [0, 0.05) is 10.6 Å². The first kappa shape index (κ1) is 18.4. The molecule has 1 amide bonds. The standard InChI is InChI=1S/C18H19Cl2NO3/c1-4-12-9-15(20)17(8-11(12)2)24-10-13-14(19)6-5-7-16(13)21-18(22)23-3/h5-9H,4,10H2,1-3H3,(H,21,22). The number of benzene rings is 2. The van der Waals surface area contributed by atoms with Crippen LogP contribution < -0.4 is 10.1 Å². The van der Waals surface area contributed by atoms with Crippen molar-refractivity contribution in [3.8, 4) is 5.75 Å². The average Bonchev–Trinajstić information content (AvgIpc) is 2.56. The average molecular weight is 368 g/mol. The largest absolute Gasteiger partial charge is 0.487 e. The van der Waals surface area contributed by atoms with Crippen molar-refractivity contribution in [3.05, 3.63) is 57.1 Å². The van der Waals surface area contributed by atoms with Gasteiger partial charge in [0.1, 0.15) is 12.4 Å². The number of rotatable bonds is 5. The first-order valence-corrected chi connectivity index (χ1v) is 8.26. The zero-order chi connectivity index (χ0) is 17.7. The monoisotopic (exact) mass is 367 g/mol. The zero-order valence-electron chi connectivity index (χ0n) is 13.8. The summed E-state index contributed by atoms with van der Waals surface area (Å²) in [6, 6.07) is 9.02. The second-order valence-electron chi connectivity index (χ2n) is 5.23. The van der Waals surface area contributed by atoms with Crippen molar-refractivity contribution in [3.63, 3.8) is 0 Å². The molecule has 0 radical (unpaired) electrons. The maximum atomic E-state index is 11.4. The van der Waals surface area contributed by atoms with Gasteiger partial charge >= 0.3 is 6.09 Å². The van der Waals surface area contributed by atoms with Gasteiger partial charge < -0.3 is 9.47 Å². The number of amides is 1. The van der Waals surface area contributed by atoms with E-state index in [1.165, 1.54) is 12.7 Å². The molecule has 128 valence electrons. The molecule has 0 spiro atoms.